The Labute approximate surface area is 116 Å². The van der Waals surface area contributed by atoms with Crippen LogP contribution in [0.5, 0.6) is 0 Å². The summed E-state index contributed by atoms with van der Waals surface area (Å²) >= 11 is 0. The topological polar surface area (TPSA) is 51.0 Å². The first-order valence-electron chi connectivity index (χ1n) is 6.16. The van der Waals surface area contributed by atoms with Gasteiger partial charge in [0.05, 0.1) is 11.6 Å². The van der Waals surface area contributed by atoms with Crippen molar-refractivity contribution in [1.82, 2.24) is 15.5 Å². The van der Waals surface area contributed by atoms with Crippen molar-refractivity contribution in [1.29, 1.82) is 0 Å². The molecule has 6 heteroatoms. The lowest BCUT2D eigenvalue weighted by Crippen LogP contribution is -2.26. The molecule has 1 aromatic heterocycles. The molecule has 19 heavy (non-hydrogen) atoms. The van der Waals surface area contributed by atoms with Crippen LogP contribution in [-0.2, 0) is 0 Å². The SMILES string of the molecule is Cl.Fc1ccccc1-c1noc([C@@H]2CCCCN2)n1. The number of halogens is 2. The summed E-state index contributed by atoms with van der Waals surface area (Å²) in [6, 6.07) is 6.55. The van der Waals surface area contributed by atoms with Gasteiger partial charge in [-0.05, 0) is 31.5 Å². The van der Waals surface area contributed by atoms with Crippen molar-refractivity contribution in [3.63, 3.8) is 0 Å². The van der Waals surface area contributed by atoms with Gasteiger partial charge in [-0.3, -0.25) is 0 Å². The number of nitrogens with zero attached hydrogens (tertiary/aromatic N) is 2. The summed E-state index contributed by atoms with van der Waals surface area (Å²) in [5.41, 5.74) is 0.378. The van der Waals surface area contributed by atoms with Crippen LogP contribution >= 0.6 is 12.4 Å². The van der Waals surface area contributed by atoms with E-state index in [4.69, 9.17) is 4.52 Å². The molecule has 1 aliphatic heterocycles. The molecule has 0 spiro atoms. The molecule has 1 fully saturated rings. The maximum absolute atomic E-state index is 13.6. The van der Waals surface area contributed by atoms with E-state index in [0.717, 1.165) is 19.4 Å². The number of nitrogens with one attached hydrogen (secondary N) is 1. The first-order valence-corrected chi connectivity index (χ1v) is 6.16. The van der Waals surface area contributed by atoms with Crippen molar-refractivity contribution in [2.24, 2.45) is 0 Å². The maximum atomic E-state index is 13.6. The van der Waals surface area contributed by atoms with Crippen LogP contribution in [0.3, 0.4) is 0 Å². The molecule has 0 saturated carbocycles. The molecule has 0 radical (unpaired) electrons. The quantitative estimate of drug-likeness (QED) is 0.920. The molecule has 3 rings (SSSR count). The zero-order valence-corrected chi connectivity index (χ0v) is 11.1. The van der Waals surface area contributed by atoms with E-state index in [-0.39, 0.29) is 24.3 Å². The van der Waals surface area contributed by atoms with Gasteiger partial charge in [-0.2, -0.15) is 4.98 Å². The number of piperidine rings is 1. The summed E-state index contributed by atoms with van der Waals surface area (Å²) in [5.74, 6) is 0.532. The van der Waals surface area contributed by atoms with Gasteiger partial charge >= 0.3 is 0 Å². The standard InChI is InChI=1S/C13H14FN3O.ClH/c14-10-6-2-1-5-9(10)12-16-13(18-17-12)11-7-3-4-8-15-11;/h1-2,5-6,11,15H,3-4,7-8H2;1H/t11-;/m0./s1. The van der Waals surface area contributed by atoms with Gasteiger partial charge in [-0.25, -0.2) is 4.39 Å². The second-order valence-corrected chi connectivity index (χ2v) is 4.44. The molecule has 1 aliphatic rings. The smallest absolute Gasteiger partial charge is 0.244 e. The van der Waals surface area contributed by atoms with Crippen LogP contribution in [0.2, 0.25) is 0 Å². The lowest BCUT2D eigenvalue weighted by atomic mass is 10.1. The van der Waals surface area contributed by atoms with E-state index in [1.165, 1.54) is 12.5 Å². The number of rotatable bonds is 2. The molecule has 4 nitrogen and oxygen atoms in total. The average Bonchev–Trinajstić information content (AvgIpc) is 2.90. The monoisotopic (exact) mass is 283 g/mol. The van der Waals surface area contributed by atoms with Crippen LogP contribution in [0.4, 0.5) is 4.39 Å². The summed E-state index contributed by atoms with van der Waals surface area (Å²) in [5, 5.41) is 7.18. The minimum Gasteiger partial charge on any atom is -0.337 e. The number of hydrogen-bond donors (Lipinski definition) is 1. The molecule has 1 aromatic carbocycles. The van der Waals surface area contributed by atoms with Crippen molar-refractivity contribution < 1.29 is 8.91 Å². The summed E-state index contributed by atoms with van der Waals surface area (Å²) < 4.78 is 18.8. The number of aromatic nitrogens is 2. The fourth-order valence-corrected chi connectivity index (χ4v) is 2.19. The molecule has 0 aliphatic carbocycles. The van der Waals surface area contributed by atoms with Crippen LogP contribution in [0.25, 0.3) is 11.4 Å². The molecule has 2 heterocycles. The van der Waals surface area contributed by atoms with Gasteiger partial charge in [0, 0.05) is 0 Å². The van der Waals surface area contributed by atoms with Crippen LogP contribution < -0.4 is 5.32 Å². The van der Waals surface area contributed by atoms with Gasteiger partial charge in [0.2, 0.25) is 11.7 Å². The molecule has 1 atom stereocenters. The van der Waals surface area contributed by atoms with Gasteiger partial charge in [0.15, 0.2) is 0 Å². The van der Waals surface area contributed by atoms with E-state index < -0.39 is 0 Å². The van der Waals surface area contributed by atoms with Gasteiger partial charge in [0.1, 0.15) is 5.82 Å². The Balaban J connectivity index is 0.00000133. The highest BCUT2D eigenvalue weighted by molar-refractivity contribution is 5.85. The average molecular weight is 284 g/mol. The zero-order valence-electron chi connectivity index (χ0n) is 10.3. The van der Waals surface area contributed by atoms with E-state index in [1.54, 1.807) is 18.2 Å². The molecule has 1 saturated heterocycles. The Morgan fingerprint density at radius 2 is 2.11 bits per heavy atom. The second-order valence-electron chi connectivity index (χ2n) is 4.44. The van der Waals surface area contributed by atoms with Crippen LogP contribution in [-0.4, -0.2) is 16.7 Å². The molecular formula is C13H15ClFN3O. The number of benzene rings is 1. The Morgan fingerprint density at radius 1 is 1.26 bits per heavy atom. The Hall–Kier alpha value is -1.46. The highest BCUT2D eigenvalue weighted by atomic mass is 35.5. The van der Waals surface area contributed by atoms with Crippen LogP contribution in [0.1, 0.15) is 31.2 Å². The fraction of sp³-hybridized carbons (Fsp3) is 0.385. The molecule has 102 valence electrons. The van der Waals surface area contributed by atoms with Gasteiger partial charge in [0.25, 0.3) is 0 Å². The largest absolute Gasteiger partial charge is 0.337 e. The van der Waals surface area contributed by atoms with Gasteiger partial charge in [-0.1, -0.05) is 23.7 Å². The maximum Gasteiger partial charge on any atom is 0.244 e. The second kappa shape index (κ2) is 6.12. The molecule has 1 N–H and O–H groups in total. The third-order valence-electron chi connectivity index (χ3n) is 3.16. The Bertz CT molecular complexity index is 540. The summed E-state index contributed by atoms with van der Waals surface area (Å²) in [6.07, 6.45) is 3.30. The summed E-state index contributed by atoms with van der Waals surface area (Å²) in [4.78, 5) is 4.28. The highest BCUT2D eigenvalue weighted by Crippen LogP contribution is 2.25. The fourth-order valence-electron chi connectivity index (χ4n) is 2.19. The van der Waals surface area contributed by atoms with Crippen molar-refractivity contribution in [2.75, 3.05) is 6.54 Å². The molecule has 0 bridgehead atoms. The minimum absolute atomic E-state index is 0. The number of hydrogen-bond acceptors (Lipinski definition) is 4. The Kier molecular flexibility index (Phi) is 4.50. The van der Waals surface area contributed by atoms with Crippen molar-refractivity contribution in [3.8, 4) is 11.4 Å². The minimum atomic E-state index is -0.332. The van der Waals surface area contributed by atoms with Gasteiger partial charge in [-0.15, -0.1) is 12.4 Å². The third-order valence-corrected chi connectivity index (χ3v) is 3.16. The van der Waals surface area contributed by atoms with Gasteiger partial charge < -0.3 is 9.84 Å². The molecule has 0 amide bonds. The summed E-state index contributed by atoms with van der Waals surface area (Å²) in [7, 11) is 0. The van der Waals surface area contributed by atoms with Crippen molar-refractivity contribution in [2.45, 2.75) is 25.3 Å². The van der Waals surface area contributed by atoms with E-state index in [1.807, 2.05) is 0 Å². The molecule has 0 unspecified atom stereocenters. The predicted molar refractivity (Wildman–Crippen MR) is 71.5 cm³/mol. The molecular weight excluding hydrogens is 269 g/mol. The van der Waals surface area contributed by atoms with E-state index >= 15 is 0 Å². The van der Waals surface area contributed by atoms with Crippen molar-refractivity contribution >= 4 is 12.4 Å². The summed E-state index contributed by atoms with van der Waals surface area (Å²) in [6.45, 7) is 0.960. The Morgan fingerprint density at radius 3 is 2.84 bits per heavy atom. The van der Waals surface area contributed by atoms with Crippen LogP contribution in [0, 0.1) is 5.82 Å². The predicted octanol–water partition coefficient (Wildman–Crippen LogP) is 3.11. The van der Waals surface area contributed by atoms with Crippen LogP contribution in [0.15, 0.2) is 28.8 Å². The van der Waals surface area contributed by atoms with Crippen molar-refractivity contribution in [3.05, 3.63) is 36.0 Å². The first kappa shape index (κ1) is 14.0. The lowest BCUT2D eigenvalue weighted by Gasteiger charge is -2.19. The van der Waals surface area contributed by atoms with E-state index in [2.05, 4.69) is 15.5 Å². The normalized spacial score (nSPS) is 18.9. The third kappa shape index (κ3) is 2.93. The first-order chi connectivity index (χ1) is 8.84. The van der Waals surface area contributed by atoms with E-state index in [0.29, 0.717) is 17.3 Å². The highest BCUT2D eigenvalue weighted by Gasteiger charge is 2.22. The van der Waals surface area contributed by atoms with E-state index in [9.17, 15) is 4.39 Å². The molecule has 2 aromatic rings. The zero-order chi connectivity index (χ0) is 12.4. The lowest BCUT2D eigenvalue weighted by molar-refractivity contribution is 0.297.